The summed E-state index contributed by atoms with van der Waals surface area (Å²) in [7, 11) is -1.95. The highest BCUT2D eigenvalue weighted by Gasteiger charge is 2.32. The van der Waals surface area contributed by atoms with Crippen molar-refractivity contribution in [1.82, 2.24) is 0 Å². The molecule has 6 nitrogen and oxygen atoms in total. The molecule has 0 aromatic heterocycles. The van der Waals surface area contributed by atoms with E-state index in [0.717, 1.165) is 31.4 Å². The Morgan fingerprint density at radius 1 is 1.03 bits per heavy atom. The molecule has 0 atom stereocenters. The third kappa shape index (κ3) is 11.5. The average molecular weight is 469 g/mol. The van der Waals surface area contributed by atoms with Crippen molar-refractivity contribution in [3.05, 3.63) is 35.9 Å². The Kier molecular flexibility index (Phi) is 11.5. The fourth-order valence-electron chi connectivity index (χ4n) is 3.46. The number of rotatable bonds is 15. The number of hydrogen-bond donors (Lipinski definition) is 1. The lowest BCUT2D eigenvalue weighted by Gasteiger charge is -2.34. The Morgan fingerprint density at radius 2 is 1.68 bits per heavy atom. The fraction of sp³-hybridized carbons (Fsp3) is 0.609. The van der Waals surface area contributed by atoms with Crippen LogP contribution in [0, 0.1) is 0 Å². The highest BCUT2D eigenvalue weighted by molar-refractivity contribution is 6.84. The molecule has 8 heteroatoms. The van der Waals surface area contributed by atoms with Crippen LogP contribution in [-0.2, 0) is 24.8 Å². The van der Waals surface area contributed by atoms with Crippen LogP contribution < -0.4 is 4.74 Å². The lowest BCUT2D eigenvalue weighted by molar-refractivity contribution is -0.140. The first-order chi connectivity index (χ1) is 14.5. The Balaban J connectivity index is 2.28. The maximum absolute atomic E-state index is 11.3. The van der Waals surface area contributed by atoms with Gasteiger partial charge in [0.15, 0.2) is 28.1 Å². The van der Waals surface area contributed by atoms with E-state index in [-0.39, 0.29) is 18.3 Å². The molecule has 1 aromatic carbocycles. The van der Waals surface area contributed by atoms with E-state index in [1.54, 1.807) is 20.1 Å². The number of carbonyl (C=O) groups is 1. The first-order valence-corrected chi connectivity index (χ1v) is 17.2. The van der Waals surface area contributed by atoms with Crippen LogP contribution in [0.15, 0.2) is 30.4 Å². The van der Waals surface area contributed by atoms with Gasteiger partial charge < -0.3 is 23.4 Å². The van der Waals surface area contributed by atoms with Gasteiger partial charge in [0.2, 0.25) is 0 Å². The van der Waals surface area contributed by atoms with Crippen LogP contribution >= 0.6 is 0 Å². The zero-order chi connectivity index (χ0) is 23.5. The first-order valence-electron chi connectivity index (χ1n) is 10.9. The summed E-state index contributed by atoms with van der Waals surface area (Å²) in [5.74, 6) is 0.325. The number of hydrogen-bond acceptors (Lipinski definition) is 6. The predicted molar refractivity (Wildman–Crippen MR) is 130 cm³/mol. The molecule has 0 radical (unpaired) electrons. The maximum Gasteiger partial charge on any atom is 0.333 e. The normalized spacial score (nSPS) is 11.9. The topological polar surface area (TPSA) is 74.2 Å². The van der Waals surface area contributed by atoms with Crippen LogP contribution in [0.1, 0.15) is 25.3 Å². The lowest BCUT2D eigenvalue weighted by Crippen LogP contribution is -2.44. The summed E-state index contributed by atoms with van der Waals surface area (Å²) in [5.41, 5.74) is 1.57. The third-order valence-electron chi connectivity index (χ3n) is 4.92. The molecule has 1 N–H and O–H groups in total. The Hall–Kier alpha value is -1.62. The molecular formula is C23H40O6Si2. The number of aryl methyl sites for hydroxylation is 1. The minimum atomic E-state index is -1.76. The van der Waals surface area contributed by atoms with Gasteiger partial charge >= 0.3 is 5.97 Å². The summed E-state index contributed by atoms with van der Waals surface area (Å²) in [6.45, 7) is 15.6. The van der Waals surface area contributed by atoms with E-state index in [4.69, 9.17) is 18.3 Å². The molecule has 0 unspecified atom stereocenters. The zero-order valence-corrected chi connectivity index (χ0v) is 22.1. The predicted octanol–water partition coefficient (Wildman–Crippen LogP) is 5.29. The number of benzene rings is 1. The Labute approximate surface area is 189 Å². The van der Waals surface area contributed by atoms with Gasteiger partial charge in [0.25, 0.3) is 0 Å². The SMILES string of the molecule is C=C(C)C(=O)OCCOCCC[Si](C)(C)O[Si](C)(C)CCCc1ccc(O)c(OC)c1. The van der Waals surface area contributed by atoms with Crippen LogP contribution in [-0.4, -0.2) is 54.6 Å². The van der Waals surface area contributed by atoms with E-state index in [1.165, 1.54) is 5.56 Å². The van der Waals surface area contributed by atoms with E-state index in [9.17, 15) is 9.90 Å². The van der Waals surface area contributed by atoms with Gasteiger partial charge in [-0.15, -0.1) is 0 Å². The first kappa shape index (κ1) is 27.4. The number of phenols is 1. The van der Waals surface area contributed by atoms with Crippen LogP contribution in [0.5, 0.6) is 11.5 Å². The fourth-order valence-corrected chi connectivity index (χ4v) is 12.3. The van der Waals surface area contributed by atoms with Crippen molar-refractivity contribution < 1.29 is 28.2 Å². The summed E-state index contributed by atoms with van der Waals surface area (Å²) in [6.07, 6.45) is 2.96. The largest absolute Gasteiger partial charge is 0.504 e. The van der Waals surface area contributed by atoms with E-state index >= 15 is 0 Å². The quantitative estimate of drug-likeness (QED) is 0.163. The van der Waals surface area contributed by atoms with Crippen molar-refractivity contribution in [3.8, 4) is 11.5 Å². The molecule has 1 rings (SSSR count). The molecule has 0 aliphatic rings. The van der Waals surface area contributed by atoms with Crippen molar-refractivity contribution in [2.24, 2.45) is 0 Å². The summed E-state index contributed by atoms with van der Waals surface area (Å²) in [4.78, 5) is 11.3. The molecule has 1 aromatic rings. The highest BCUT2D eigenvalue weighted by atomic mass is 28.4. The number of ether oxygens (including phenoxy) is 3. The summed E-state index contributed by atoms with van der Waals surface area (Å²) in [5, 5.41) is 9.72. The number of phenolic OH excluding ortho intramolecular Hbond substituents is 1. The van der Waals surface area contributed by atoms with Gasteiger partial charge in [-0.05, 0) is 82.2 Å². The number of aromatic hydroxyl groups is 1. The molecule has 0 heterocycles. The summed E-state index contributed by atoms with van der Waals surface area (Å²) in [6, 6.07) is 7.69. The molecule has 31 heavy (non-hydrogen) atoms. The number of carbonyl (C=O) groups excluding carboxylic acids is 1. The van der Waals surface area contributed by atoms with Gasteiger partial charge in [0.05, 0.1) is 13.7 Å². The van der Waals surface area contributed by atoms with Crippen molar-refractivity contribution in [3.63, 3.8) is 0 Å². The molecule has 0 fully saturated rings. The van der Waals surface area contributed by atoms with Gasteiger partial charge in [0, 0.05) is 12.2 Å². The average Bonchev–Trinajstić information content (AvgIpc) is 2.67. The second-order valence-electron chi connectivity index (χ2n) is 9.11. The van der Waals surface area contributed by atoms with Crippen LogP contribution in [0.4, 0.5) is 0 Å². The highest BCUT2D eigenvalue weighted by Crippen LogP contribution is 2.28. The Bertz CT molecular complexity index is 718. The Morgan fingerprint density at radius 3 is 2.29 bits per heavy atom. The van der Waals surface area contributed by atoms with Gasteiger partial charge in [-0.3, -0.25) is 0 Å². The standard InChI is InChI=1S/C23H40O6Si2/c1-19(2)23(25)28-15-14-27-13-9-17-31(6,7)29-30(4,5)16-8-10-20-11-12-21(24)22(18-20)26-3/h11-12,18,24H,1,8-10,13-17H2,2-7H3. The molecule has 0 amide bonds. The van der Waals surface area contributed by atoms with Crippen LogP contribution in [0.25, 0.3) is 0 Å². The maximum atomic E-state index is 11.3. The van der Waals surface area contributed by atoms with Crippen molar-refractivity contribution in [2.45, 2.75) is 64.5 Å². The van der Waals surface area contributed by atoms with Crippen molar-refractivity contribution in [2.75, 3.05) is 26.9 Å². The molecule has 0 aliphatic carbocycles. The van der Waals surface area contributed by atoms with E-state index in [1.807, 2.05) is 12.1 Å². The van der Waals surface area contributed by atoms with Crippen molar-refractivity contribution in [1.29, 1.82) is 0 Å². The minimum absolute atomic E-state index is 0.175. The van der Waals surface area contributed by atoms with Gasteiger partial charge in [-0.1, -0.05) is 12.6 Å². The molecular weight excluding hydrogens is 428 g/mol. The third-order valence-corrected chi connectivity index (χ3v) is 12.5. The second kappa shape index (κ2) is 13.1. The van der Waals surface area contributed by atoms with Crippen LogP contribution in [0.2, 0.25) is 38.3 Å². The molecule has 0 bridgehead atoms. The smallest absolute Gasteiger partial charge is 0.333 e. The molecule has 0 saturated carbocycles. The number of esters is 1. The summed E-state index contributed by atoms with van der Waals surface area (Å²) < 4.78 is 22.5. The van der Waals surface area contributed by atoms with Crippen molar-refractivity contribution >= 4 is 22.6 Å². The van der Waals surface area contributed by atoms with E-state index < -0.39 is 16.6 Å². The molecule has 176 valence electrons. The van der Waals surface area contributed by atoms with Gasteiger partial charge in [0.1, 0.15) is 6.61 Å². The molecule has 0 spiro atoms. The molecule has 0 saturated heterocycles. The number of methoxy groups -OCH3 is 1. The van der Waals surface area contributed by atoms with E-state index in [0.29, 0.717) is 24.5 Å². The van der Waals surface area contributed by atoms with Gasteiger partial charge in [-0.25, -0.2) is 4.79 Å². The minimum Gasteiger partial charge on any atom is -0.504 e. The molecule has 0 aliphatic heterocycles. The summed E-state index contributed by atoms with van der Waals surface area (Å²) >= 11 is 0. The monoisotopic (exact) mass is 468 g/mol. The zero-order valence-electron chi connectivity index (χ0n) is 20.1. The second-order valence-corrected chi connectivity index (χ2v) is 18.0. The van der Waals surface area contributed by atoms with Crippen LogP contribution in [0.3, 0.4) is 0 Å². The van der Waals surface area contributed by atoms with Gasteiger partial charge in [-0.2, -0.15) is 0 Å². The van der Waals surface area contributed by atoms with E-state index in [2.05, 4.69) is 32.8 Å². The lowest BCUT2D eigenvalue weighted by atomic mass is 10.1.